The van der Waals surface area contributed by atoms with Gasteiger partial charge < -0.3 is 18.5 Å². The molecule has 2 aromatic rings. The molecule has 16 heavy (non-hydrogen) atoms. The van der Waals surface area contributed by atoms with Crippen LogP contribution in [0.3, 0.4) is 0 Å². The van der Waals surface area contributed by atoms with Gasteiger partial charge in [0.1, 0.15) is 12.5 Å². The van der Waals surface area contributed by atoms with Crippen LogP contribution in [0.5, 0.6) is 0 Å². The van der Waals surface area contributed by atoms with E-state index in [9.17, 15) is 0 Å². The fourth-order valence-corrected chi connectivity index (χ4v) is 1.50. The van der Waals surface area contributed by atoms with E-state index in [-0.39, 0.29) is 20.1 Å². The quantitative estimate of drug-likeness (QED) is 0.692. The van der Waals surface area contributed by atoms with Crippen LogP contribution in [0.1, 0.15) is 0 Å². The van der Waals surface area contributed by atoms with E-state index >= 15 is 0 Å². The van der Waals surface area contributed by atoms with Gasteiger partial charge >= 0.3 is 7.55 Å². The van der Waals surface area contributed by atoms with Crippen LogP contribution in [0, 0.1) is 0 Å². The number of rotatable bonds is 2. The van der Waals surface area contributed by atoms with Gasteiger partial charge in [0.15, 0.2) is 0 Å². The zero-order valence-electron chi connectivity index (χ0n) is 8.24. The molecular weight excluding hydrogens is 387 g/mol. The predicted octanol–water partition coefficient (Wildman–Crippen LogP) is 0.521. The molecule has 1 saturated heterocycles. The normalized spacial score (nSPS) is 14.8. The van der Waals surface area contributed by atoms with Gasteiger partial charge in [-0.2, -0.15) is 0 Å². The van der Waals surface area contributed by atoms with Crippen molar-refractivity contribution < 1.29 is 28.9 Å². The largest absolute Gasteiger partial charge is 0.433 e. The molecule has 2 radical (unpaired) electrons. The second-order valence-electron chi connectivity index (χ2n) is 3.13. The minimum atomic E-state index is 0. The Hall–Kier alpha value is -1.27. The molecule has 2 aromatic heterocycles. The molecule has 0 atom stereocenters. The Kier molecular flexibility index (Phi) is 3.31. The Bertz CT molecular complexity index is 381. The van der Waals surface area contributed by atoms with Crippen LogP contribution in [-0.4, -0.2) is 30.6 Å². The van der Waals surface area contributed by atoms with Gasteiger partial charge in [-0.1, -0.05) is 0 Å². The molecule has 1 fully saturated rings. The summed E-state index contributed by atoms with van der Waals surface area (Å²) in [5.41, 5.74) is 0. The average Bonchev–Trinajstić information content (AvgIpc) is 3.02. The molecule has 0 aliphatic carbocycles. The van der Waals surface area contributed by atoms with Gasteiger partial charge in [0.25, 0.3) is 12.0 Å². The smallest absolute Gasteiger partial charge is 0.399 e. The molecule has 3 heterocycles. The minimum Gasteiger partial charge on any atom is -0.433 e. The summed E-state index contributed by atoms with van der Waals surface area (Å²) in [4.78, 5) is 11.9. The van der Waals surface area contributed by atoms with Crippen molar-refractivity contribution in [3.63, 3.8) is 0 Å². The van der Waals surface area contributed by atoms with E-state index in [1.54, 1.807) is 24.9 Å². The van der Waals surface area contributed by atoms with Gasteiger partial charge in [-0.3, -0.25) is 0 Å². The number of nitrogens with zero attached hydrogens (tertiary/aromatic N) is 4. The molecule has 0 bridgehead atoms. The second kappa shape index (κ2) is 4.71. The molecule has 0 N–H and O–H groups in total. The number of hydrogen-bond donors (Lipinski definition) is 0. The van der Waals surface area contributed by atoms with Crippen molar-refractivity contribution >= 4 is 19.6 Å². The fourth-order valence-electron chi connectivity index (χ4n) is 1.50. The van der Waals surface area contributed by atoms with E-state index in [1.165, 1.54) is 0 Å². The molecule has 3 rings (SSSR count). The zero-order valence-corrected chi connectivity index (χ0v) is 10.6. The van der Waals surface area contributed by atoms with Gasteiger partial charge in [-0.05, 0) is 0 Å². The predicted molar refractivity (Wildman–Crippen MR) is 53.5 cm³/mol. The first kappa shape index (κ1) is 11.2. The van der Waals surface area contributed by atoms with Crippen LogP contribution in [0.25, 0.3) is 0 Å². The van der Waals surface area contributed by atoms with Crippen molar-refractivity contribution in [3.8, 4) is 0 Å². The molecule has 0 saturated carbocycles. The van der Waals surface area contributed by atoms with Crippen LogP contribution >= 0.6 is 0 Å². The zero-order chi connectivity index (χ0) is 10.1. The third kappa shape index (κ3) is 1.98. The third-order valence-corrected chi connectivity index (χ3v) is 2.19. The van der Waals surface area contributed by atoms with Crippen LogP contribution in [-0.2, 0) is 20.1 Å². The maximum absolute atomic E-state index is 5.19. The SMILES string of the molecule is [B]1N(c2ncco2)CCN1c1ncco1.[Ir]. The second-order valence-corrected chi connectivity index (χ2v) is 3.13. The summed E-state index contributed by atoms with van der Waals surface area (Å²) >= 11 is 0. The van der Waals surface area contributed by atoms with Crippen molar-refractivity contribution in [1.29, 1.82) is 0 Å². The maximum atomic E-state index is 5.19. The standard InChI is InChI=1S/C8H8BN4O2.Ir/c1-5-14-7(10-1)12-3-4-13(9-12)8-11-2-6-15-8;/h1-2,5-6H,3-4H2;. The van der Waals surface area contributed by atoms with Crippen molar-refractivity contribution in [2.75, 3.05) is 22.7 Å². The molecule has 0 unspecified atom stereocenters. The Balaban J connectivity index is 0.000000963. The van der Waals surface area contributed by atoms with Crippen molar-refractivity contribution in [1.82, 2.24) is 9.97 Å². The summed E-state index contributed by atoms with van der Waals surface area (Å²) in [5.74, 6) is 0. The molecule has 8 heteroatoms. The molecule has 0 spiro atoms. The summed E-state index contributed by atoms with van der Waals surface area (Å²) in [6, 6.07) is 1.17. The van der Waals surface area contributed by atoms with E-state index in [0.29, 0.717) is 12.0 Å². The van der Waals surface area contributed by atoms with E-state index in [1.807, 2.05) is 17.2 Å². The van der Waals surface area contributed by atoms with Crippen LogP contribution in [0.15, 0.2) is 33.8 Å². The first-order valence-electron chi connectivity index (χ1n) is 4.61. The summed E-state index contributed by atoms with van der Waals surface area (Å²) in [5, 5.41) is 0. The minimum absolute atomic E-state index is 0. The summed E-state index contributed by atoms with van der Waals surface area (Å²) < 4.78 is 10.4. The number of aromatic nitrogens is 2. The van der Waals surface area contributed by atoms with Crippen LogP contribution in [0.2, 0.25) is 0 Å². The summed E-state index contributed by atoms with van der Waals surface area (Å²) in [7, 11) is 1.87. The third-order valence-electron chi connectivity index (χ3n) is 2.19. The number of hydrogen-bond acceptors (Lipinski definition) is 6. The summed E-state index contributed by atoms with van der Waals surface area (Å²) in [6.07, 6.45) is 6.35. The van der Waals surface area contributed by atoms with E-state index in [2.05, 4.69) is 9.97 Å². The number of oxazole rings is 2. The molecular formula is C8H8BIrN4O2. The molecule has 84 valence electrons. The molecule has 0 aromatic carbocycles. The van der Waals surface area contributed by atoms with Crippen molar-refractivity contribution in [2.45, 2.75) is 0 Å². The van der Waals surface area contributed by atoms with E-state index < -0.39 is 0 Å². The van der Waals surface area contributed by atoms with Crippen LogP contribution in [0.4, 0.5) is 12.0 Å². The van der Waals surface area contributed by atoms with E-state index in [0.717, 1.165) is 13.1 Å². The Morgan fingerprint density at radius 3 is 1.88 bits per heavy atom. The van der Waals surface area contributed by atoms with Crippen LogP contribution < -0.4 is 9.62 Å². The first-order valence-corrected chi connectivity index (χ1v) is 4.61. The van der Waals surface area contributed by atoms with E-state index in [4.69, 9.17) is 8.83 Å². The Morgan fingerprint density at radius 1 is 1.00 bits per heavy atom. The molecule has 1 aliphatic heterocycles. The summed E-state index contributed by atoms with van der Waals surface area (Å²) in [6.45, 7) is 1.62. The molecule has 6 nitrogen and oxygen atoms in total. The average molecular weight is 395 g/mol. The number of anilines is 2. The topological polar surface area (TPSA) is 58.5 Å². The fraction of sp³-hybridized carbons (Fsp3) is 0.250. The molecule has 0 amide bonds. The van der Waals surface area contributed by atoms with Crippen molar-refractivity contribution in [2.24, 2.45) is 0 Å². The van der Waals surface area contributed by atoms with Gasteiger partial charge in [-0.15, -0.1) is 0 Å². The van der Waals surface area contributed by atoms with Gasteiger partial charge in [0.2, 0.25) is 0 Å². The van der Waals surface area contributed by atoms with Gasteiger partial charge in [0, 0.05) is 33.2 Å². The van der Waals surface area contributed by atoms with Crippen molar-refractivity contribution in [3.05, 3.63) is 24.9 Å². The molecule has 1 aliphatic rings. The first-order chi connectivity index (χ1) is 7.43. The Morgan fingerprint density at radius 2 is 1.50 bits per heavy atom. The Labute approximate surface area is 106 Å². The van der Waals surface area contributed by atoms with Gasteiger partial charge in [0.05, 0.1) is 12.4 Å². The maximum Gasteiger partial charge on any atom is 0.399 e. The monoisotopic (exact) mass is 396 g/mol. The van der Waals surface area contributed by atoms with Gasteiger partial charge in [-0.25, -0.2) is 9.97 Å².